The second kappa shape index (κ2) is 6.40. The highest BCUT2D eigenvalue weighted by molar-refractivity contribution is 5.91. The zero-order chi connectivity index (χ0) is 13.7. The summed E-state index contributed by atoms with van der Waals surface area (Å²) in [5.41, 5.74) is 3.00. The molecule has 1 rings (SSSR count). The first-order valence-corrected chi connectivity index (χ1v) is 6.23. The summed E-state index contributed by atoms with van der Waals surface area (Å²) in [6.07, 6.45) is 0. The minimum absolute atomic E-state index is 0.0712. The topological polar surface area (TPSA) is 61.4 Å². The molecular weight excluding hydrogens is 228 g/mol. The Bertz CT molecular complexity index is 416. The molecule has 0 unspecified atom stereocenters. The van der Waals surface area contributed by atoms with Gasteiger partial charge in [-0.05, 0) is 30.9 Å². The third-order valence-corrected chi connectivity index (χ3v) is 2.82. The van der Waals surface area contributed by atoms with Crippen LogP contribution in [0, 0.1) is 6.92 Å². The van der Waals surface area contributed by atoms with Gasteiger partial charge >= 0.3 is 6.03 Å². The highest BCUT2D eigenvalue weighted by atomic mass is 16.3. The molecule has 4 nitrogen and oxygen atoms in total. The van der Waals surface area contributed by atoms with Crippen molar-refractivity contribution in [1.82, 2.24) is 5.32 Å². The number of benzene rings is 1. The first-order valence-electron chi connectivity index (χ1n) is 6.23. The van der Waals surface area contributed by atoms with Crippen LogP contribution in [0.15, 0.2) is 18.2 Å². The van der Waals surface area contributed by atoms with E-state index >= 15 is 0 Å². The van der Waals surface area contributed by atoms with E-state index < -0.39 is 0 Å². The Hall–Kier alpha value is -1.55. The van der Waals surface area contributed by atoms with Crippen LogP contribution in [-0.2, 0) is 0 Å². The van der Waals surface area contributed by atoms with E-state index in [1.807, 2.05) is 25.1 Å². The molecule has 0 saturated carbocycles. The number of carbonyl (C=O) groups is 1. The van der Waals surface area contributed by atoms with Crippen LogP contribution >= 0.6 is 0 Å². The van der Waals surface area contributed by atoms with Gasteiger partial charge in [-0.25, -0.2) is 4.79 Å². The first kappa shape index (κ1) is 14.5. The Balaban J connectivity index is 2.86. The Morgan fingerprint density at radius 1 is 1.33 bits per heavy atom. The van der Waals surface area contributed by atoms with Crippen LogP contribution in [0.1, 0.15) is 37.8 Å². The molecule has 1 atom stereocenters. The van der Waals surface area contributed by atoms with E-state index in [2.05, 4.69) is 24.5 Å². The monoisotopic (exact) mass is 250 g/mol. The number of rotatable bonds is 4. The number of para-hydroxylation sites is 1. The van der Waals surface area contributed by atoms with E-state index in [4.69, 9.17) is 5.11 Å². The summed E-state index contributed by atoms with van der Waals surface area (Å²) in [6.45, 7) is 7.83. The lowest BCUT2D eigenvalue weighted by molar-refractivity contribution is 0.229. The Kier molecular flexibility index (Phi) is 5.16. The number of urea groups is 1. The highest BCUT2D eigenvalue weighted by Gasteiger charge is 2.12. The fourth-order valence-electron chi connectivity index (χ4n) is 1.76. The second-order valence-electron chi connectivity index (χ2n) is 4.88. The third kappa shape index (κ3) is 3.74. The van der Waals surface area contributed by atoms with Crippen LogP contribution in [0.3, 0.4) is 0 Å². The largest absolute Gasteiger partial charge is 0.394 e. The van der Waals surface area contributed by atoms with Gasteiger partial charge in [-0.2, -0.15) is 0 Å². The highest BCUT2D eigenvalue weighted by Crippen LogP contribution is 2.27. The molecule has 0 aromatic heterocycles. The summed E-state index contributed by atoms with van der Waals surface area (Å²) < 4.78 is 0. The maximum atomic E-state index is 11.8. The molecule has 0 radical (unpaired) electrons. The molecule has 1 aromatic carbocycles. The Morgan fingerprint density at radius 3 is 2.56 bits per heavy atom. The smallest absolute Gasteiger partial charge is 0.319 e. The van der Waals surface area contributed by atoms with E-state index in [0.717, 1.165) is 16.8 Å². The van der Waals surface area contributed by atoms with Gasteiger partial charge in [0.25, 0.3) is 0 Å². The number of nitrogens with one attached hydrogen (secondary N) is 2. The zero-order valence-electron chi connectivity index (χ0n) is 11.4. The van der Waals surface area contributed by atoms with E-state index in [1.165, 1.54) is 0 Å². The molecule has 0 spiro atoms. The number of hydrogen-bond acceptors (Lipinski definition) is 2. The van der Waals surface area contributed by atoms with Gasteiger partial charge in [-0.3, -0.25) is 0 Å². The fourth-order valence-corrected chi connectivity index (χ4v) is 1.76. The van der Waals surface area contributed by atoms with Crippen LogP contribution in [-0.4, -0.2) is 23.8 Å². The third-order valence-electron chi connectivity index (χ3n) is 2.82. The normalized spacial score (nSPS) is 12.3. The average molecular weight is 250 g/mol. The lowest BCUT2D eigenvalue weighted by atomic mass is 9.98. The van der Waals surface area contributed by atoms with Gasteiger partial charge in [0, 0.05) is 5.69 Å². The Morgan fingerprint density at radius 2 is 2.00 bits per heavy atom. The van der Waals surface area contributed by atoms with Gasteiger partial charge < -0.3 is 15.7 Å². The summed E-state index contributed by atoms with van der Waals surface area (Å²) in [5.74, 6) is 0.343. The van der Waals surface area contributed by atoms with E-state index in [1.54, 1.807) is 6.92 Å². The van der Waals surface area contributed by atoms with Gasteiger partial charge in [0.1, 0.15) is 0 Å². The van der Waals surface area contributed by atoms with Crippen molar-refractivity contribution in [2.45, 2.75) is 39.7 Å². The molecule has 18 heavy (non-hydrogen) atoms. The Labute approximate surface area is 108 Å². The van der Waals surface area contributed by atoms with Crippen LogP contribution in [0.4, 0.5) is 10.5 Å². The van der Waals surface area contributed by atoms with E-state index in [0.29, 0.717) is 5.92 Å². The second-order valence-corrected chi connectivity index (χ2v) is 4.88. The molecule has 3 N–H and O–H groups in total. The maximum Gasteiger partial charge on any atom is 0.319 e. The summed E-state index contributed by atoms with van der Waals surface area (Å²) in [5, 5.41) is 14.4. The molecule has 0 saturated heterocycles. The van der Waals surface area contributed by atoms with E-state index in [-0.39, 0.29) is 18.7 Å². The number of amides is 2. The minimum atomic E-state index is -0.284. The quantitative estimate of drug-likeness (QED) is 0.769. The molecule has 100 valence electrons. The van der Waals surface area contributed by atoms with Crippen LogP contribution < -0.4 is 10.6 Å². The summed E-state index contributed by atoms with van der Waals surface area (Å²) in [7, 11) is 0. The van der Waals surface area contributed by atoms with Crippen molar-refractivity contribution < 1.29 is 9.90 Å². The van der Waals surface area contributed by atoms with E-state index in [9.17, 15) is 4.79 Å². The van der Waals surface area contributed by atoms with Gasteiger partial charge in [0.15, 0.2) is 0 Å². The molecule has 4 heteroatoms. The summed E-state index contributed by atoms with van der Waals surface area (Å²) in [4.78, 5) is 11.8. The predicted molar refractivity (Wildman–Crippen MR) is 74.0 cm³/mol. The lowest BCUT2D eigenvalue weighted by Crippen LogP contribution is -2.38. The minimum Gasteiger partial charge on any atom is -0.394 e. The van der Waals surface area contributed by atoms with Crippen LogP contribution in [0.2, 0.25) is 0 Å². The summed E-state index contributed by atoms with van der Waals surface area (Å²) in [6, 6.07) is 5.44. The maximum absolute atomic E-state index is 11.8. The molecule has 0 aliphatic carbocycles. The number of aliphatic hydroxyl groups is 1. The molecule has 1 aromatic rings. The van der Waals surface area contributed by atoms with Gasteiger partial charge in [-0.1, -0.05) is 32.0 Å². The van der Waals surface area contributed by atoms with Crippen molar-refractivity contribution in [2.24, 2.45) is 0 Å². The van der Waals surface area contributed by atoms with Crippen LogP contribution in [0.5, 0.6) is 0 Å². The predicted octanol–water partition coefficient (Wildman–Crippen LogP) is 2.62. The van der Waals surface area contributed by atoms with Gasteiger partial charge in [0.2, 0.25) is 0 Å². The molecule has 0 aliphatic rings. The lowest BCUT2D eigenvalue weighted by Gasteiger charge is -2.18. The summed E-state index contributed by atoms with van der Waals surface area (Å²) >= 11 is 0. The molecular formula is C14H22N2O2. The number of aliphatic hydroxyl groups excluding tert-OH is 1. The number of carbonyl (C=O) groups excluding carboxylic acids is 1. The van der Waals surface area contributed by atoms with Crippen molar-refractivity contribution in [2.75, 3.05) is 11.9 Å². The van der Waals surface area contributed by atoms with Crippen molar-refractivity contribution in [1.29, 1.82) is 0 Å². The molecule has 0 fully saturated rings. The van der Waals surface area contributed by atoms with Gasteiger partial charge in [0.05, 0.1) is 12.6 Å². The SMILES string of the molecule is Cc1cccc(C(C)C)c1NC(=O)N[C@H](C)CO. The van der Waals surface area contributed by atoms with Crippen molar-refractivity contribution in [3.05, 3.63) is 29.3 Å². The number of hydrogen-bond donors (Lipinski definition) is 3. The van der Waals surface area contributed by atoms with Gasteiger partial charge in [-0.15, -0.1) is 0 Å². The fraction of sp³-hybridized carbons (Fsp3) is 0.500. The van der Waals surface area contributed by atoms with Crippen molar-refractivity contribution in [3.8, 4) is 0 Å². The molecule has 0 heterocycles. The van der Waals surface area contributed by atoms with Crippen molar-refractivity contribution in [3.63, 3.8) is 0 Å². The zero-order valence-corrected chi connectivity index (χ0v) is 11.4. The van der Waals surface area contributed by atoms with Crippen LogP contribution in [0.25, 0.3) is 0 Å². The first-order chi connectivity index (χ1) is 8.45. The van der Waals surface area contributed by atoms with Crippen molar-refractivity contribution >= 4 is 11.7 Å². The molecule has 2 amide bonds. The standard InChI is InChI=1S/C14H22N2O2/c1-9(2)12-7-5-6-10(3)13(12)16-14(18)15-11(4)8-17/h5-7,9,11,17H,8H2,1-4H3,(H2,15,16,18)/t11-/m1/s1. The number of anilines is 1. The number of aryl methyl sites for hydroxylation is 1. The average Bonchev–Trinajstić information content (AvgIpc) is 2.31. The molecule has 0 bridgehead atoms. The molecule has 0 aliphatic heterocycles.